The third kappa shape index (κ3) is 3.70. The highest BCUT2D eigenvalue weighted by atomic mass is 35.5. The van der Waals surface area contributed by atoms with Crippen molar-refractivity contribution in [1.29, 1.82) is 0 Å². The van der Waals surface area contributed by atoms with Gasteiger partial charge in [-0.05, 0) is 24.1 Å². The molecule has 2 aromatic rings. The molecule has 1 unspecified atom stereocenters. The standard InChI is InChI=1S/C18H17ClFNOS/c19-14-7-4-8-15(20)17(14)18(22)21-10-9-16(23-12-11-21)13-5-2-1-3-6-13/h1-8,16H,9-12H2. The summed E-state index contributed by atoms with van der Waals surface area (Å²) in [6.45, 7) is 1.22. The summed E-state index contributed by atoms with van der Waals surface area (Å²) < 4.78 is 14.0. The monoisotopic (exact) mass is 349 g/mol. The summed E-state index contributed by atoms with van der Waals surface area (Å²) in [5.41, 5.74) is 1.26. The molecule has 1 saturated heterocycles. The highest BCUT2D eigenvalue weighted by molar-refractivity contribution is 7.99. The minimum Gasteiger partial charge on any atom is -0.338 e. The molecule has 1 aliphatic heterocycles. The van der Waals surface area contributed by atoms with Gasteiger partial charge in [-0.1, -0.05) is 48.0 Å². The average Bonchev–Trinajstić information content (AvgIpc) is 2.81. The molecule has 2 aromatic carbocycles. The van der Waals surface area contributed by atoms with Gasteiger partial charge in [-0.2, -0.15) is 11.8 Å². The Morgan fingerprint density at radius 1 is 1.13 bits per heavy atom. The second-order valence-electron chi connectivity index (χ2n) is 5.45. The molecule has 1 fully saturated rings. The van der Waals surface area contributed by atoms with Gasteiger partial charge in [0, 0.05) is 24.1 Å². The fourth-order valence-electron chi connectivity index (χ4n) is 2.77. The minimum atomic E-state index is -0.556. The highest BCUT2D eigenvalue weighted by Crippen LogP contribution is 2.34. The van der Waals surface area contributed by atoms with E-state index in [1.807, 2.05) is 30.0 Å². The van der Waals surface area contributed by atoms with Crippen molar-refractivity contribution >= 4 is 29.3 Å². The Bertz CT molecular complexity index is 674. The van der Waals surface area contributed by atoms with Crippen molar-refractivity contribution in [3.63, 3.8) is 0 Å². The molecule has 0 aromatic heterocycles. The fraction of sp³-hybridized carbons (Fsp3) is 0.278. The van der Waals surface area contributed by atoms with E-state index < -0.39 is 5.82 Å². The van der Waals surface area contributed by atoms with Crippen molar-refractivity contribution in [1.82, 2.24) is 4.90 Å². The number of carbonyl (C=O) groups excluding carboxylic acids is 1. The molecule has 0 N–H and O–H groups in total. The Morgan fingerprint density at radius 2 is 1.91 bits per heavy atom. The summed E-state index contributed by atoms with van der Waals surface area (Å²) in [5.74, 6) is -0.0430. The van der Waals surface area contributed by atoms with Gasteiger partial charge in [-0.3, -0.25) is 4.79 Å². The molecule has 0 bridgehead atoms. The van der Waals surface area contributed by atoms with Crippen LogP contribution in [0.1, 0.15) is 27.6 Å². The van der Waals surface area contributed by atoms with Crippen LogP contribution in [0.5, 0.6) is 0 Å². The van der Waals surface area contributed by atoms with Crippen molar-refractivity contribution < 1.29 is 9.18 Å². The summed E-state index contributed by atoms with van der Waals surface area (Å²) in [6.07, 6.45) is 0.854. The summed E-state index contributed by atoms with van der Waals surface area (Å²) in [4.78, 5) is 14.3. The van der Waals surface area contributed by atoms with Gasteiger partial charge in [0.05, 0.1) is 10.6 Å². The van der Waals surface area contributed by atoms with E-state index in [0.29, 0.717) is 18.3 Å². The van der Waals surface area contributed by atoms with Crippen molar-refractivity contribution in [2.45, 2.75) is 11.7 Å². The summed E-state index contributed by atoms with van der Waals surface area (Å²) in [7, 11) is 0. The molecule has 0 saturated carbocycles. The van der Waals surface area contributed by atoms with Gasteiger partial charge in [0.25, 0.3) is 5.91 Å². The zero-order valence-corrected chi connectivity index (χ0v) is 14.1. The predicted octanol–water partition coefficient (Wildman–Crippen LogP) is 4.80. The number of amides is 1. The van der Waals surface area contributed by atoms with E-state index >= 15 is 0 Å². The Morgan fingerprint density at radius 3 is 2.65 bits per heavy atom. The number of rotatable bonds is 2. The average molecular weight is 350 g/mol. The predicted molar refractivity (Wildman–Crippen MR) is 93.6 cm³/mol. The van der Waals surface area contributed by atoms with Gasteiger partial charge in [0.15, 0.2) is 0 Å². The van der Waals surface area contributed by atoms with Crippen LogP contribution >= 0.6 is 23.4 Å². The third-order valence-corrected chi connectivity index (χ3v) is 5.62. The number of hydrogen-bond acceptors (Lipinski definition) is 2. The molecule has 1 atom stereocenters. The van der Waals surface area contributed by atoms with Crippen LogP contribution in [0.4, 0.5) is 4.39 Å². The largest absolute Gasteiger partial charge is 0.338 e. The Kier molecular flexibility index (Phi) is 5.23. The van der Waals surface area contributed by atoms with Crippen molar-refractivity contribution in [3.8, 4) is 0 Å². The Labute approximate surface area is 144 Å². The molecule has 120 valence electrons. The van der Waals surface area contributed by atoms with Gasteiger partial charge in [0.1, 0.15) is 5.82 Å². The smallest absolute Gasteiger partial charge is 0.258 e. The SMILES string of the molecule is O=C(c1c(F)cccc1Cl)N1CCSC(c2ccccc2)CC1. The number of nitrogens with zero attached hydrogens (tertiary/aromatic N) is 1. The second-order valence-corrected chi connectivity index (χ2v) is 7.17. The molecule has 1 heterocycles. The van der Waals surface area contributed by atoms with Crippen LogP contribution in [0.2, 0.25) is 5.02 Å². The lowest BCUT2D eigenvalue weighted by Crippen LogP contribution is -2.33. The lowest BCUT2D eigenvalue weighted by molar-refractivity contribution is 0.0762. The number of benzene rings is 2. The molecule has 23 heavy (non-hydrogen) atoms. The quantitative estimate of drug-likeness (QED) is 0.776. The van der Waals surface area contributed by atoms with E-state index in [-0.39, 0.29) is 16.5 Å². The minimum absolute atomic E-state index is 0.0164. The van der Waals surface area contributed by atoms with Crippen LogP contribution < -0.4 is 0 Å². The maximum atomic E-state index is 14.0. The molecular formula is C18H17ClFNOS. The van der Waals surface area contributed by atoms with E-state index in [1.54, 1.807) is 11.0 Å². The maximum Gasteiger partial charge on any atom is 0.258 e. The van der Waals surface area contributed by atoms with Crippen LogP contribution in [0, 0.1) is 5.82 Å². The number of hydrogen-bond donors (Lipinski definition) is 0. The third-order valence-electron chi connectivity index (χ3n) is 3.98. The zero-order valence-electron chi connectivity index (χ0n) is 12.5. The molecule has 2 nitrogen and oxygen atoms in total. The molecule has 1 aliphatic rings. The highest BCUT2D eigenvalue weighted by Gasteiger charge is 2.25. The normalized spacial score (nSPS) is 18.5. The van der Waals surface area contributed by atoms with Gasteiger partial charge in [-0.15, -0.1) is 0 Å². The Balaban J connectivity index is 1.74. The molecule has 0 aliphatic carbocycles. The van der Waals surface area contributed by atoms with E-state index in [9.17, 15) is 9.18 Å². The van der Waals surface area contributed by atoms with Crippen LogP contribution in [-0.4, -0.2) is 29.6 Å². The molecule has 5 heteroatoms. The first-order valence-corrected chi connectivity index (χ1v) is 8.99. The topological polar surface area (TPSA) is 20.3 Å². The summed E-state index contributed by atoms with van der Waals surface area (Å²) >= 11 is 7.86. The summed E-state index contributed by atoms with van der Waals surface area (Å²) in [5, 5.41) is 0.539. The second kappa shape index (κ2) is 7.37. The molecule has 0 radical (unpaired) electrons. The summed E-state index contributed by atoms with van der Waals surface area (Å²) in [6, 6.07) is 14.6. The first-order chi connectivity index (χ1) is 11.2. The maximum absolute atomic E-state index is 14.0. The Hall–Kier alpha value is -1.52. The van der Waals surface area contributed by atoms with E-state index in [0.717, 1.165) is 12.2 Å². The zero-order chi connectivity index (χ0) is 16.2. The van der Waals surface area contributed by atoms with Gasteiger partial charge in [0.2, 0.25) is 0 Å². The van der Waals surface area contributed by atoms with Crippen LogP contribution in [-0.2, 0) is 0 Å². The first-order valence-electron chi connectivity index (χ1n) is 7.56. The van der Waals surface area contributed by atoms with Crippen molar-refractivity contribution in [2.24, 2.45) is 0 Å². The molecular weight excluding hydrogens is 333 g/mol. The van der Waals surface area contributed by atoms with Crippen LogP contribution in [0.3, 0.4) is 0 Å². The van der Waals surface area contributed by atoms with E-state index in [1.165, 1.54) is 17.7 Å². The lowest BCUT2D eigenvalue weighted by atomic mass is 10.1. The lowest BCUT2D eigenvalue weighted by Gasteiger charge is -2.21. The number of thioether (sulfide) groups is 1. The van der Waals surface area contributed by atoms with Gasteiger partial charge >= 0.3 is 0 Å². The molecule has 3 rings (SSSR count). The molecule has 1 amide bonds. The van der Waals surface area contributed by atoms with Crippen molar-refractivity contribution in [2.75, 3.05) is 18.8 Å². The van der Waals surface area contributed by atoms with Gasteiger partial charge < -0.3 is 4.90 Å². The van der Waals surface area contributed by atoms with E-state index in [2.05, 4.69) is 12.1 Å². The van der Waals surface area contributed by atoms with Gasteiger partial charge in [-0.25, -0.2) is 4.39 Å². The fourth-order valence-corrected chi connectivity index (χ4v) is 4.24. The number of halogens is 2. The van der Waals surface area contributed by atoms with Crippen LogP contribution in [0.25, 0.3) is 0 Å². The number of carbonyl (C=O) groups is 1. The van der Waals surface area contributed by atoms with Crippen LogP contribution in [0.15, 0.2) is 48.5 Å². The van der Waals surface area contributed by atoms with E-state index in [4.69, 9.17) is 11.6 Å². The van der Waals surface area contributed by atoms with Crippen molar-refractivity contribution in [3.05, 3.63) is 70.5 Å². The first kappa shape index (κ1) is 16.3. The molecule has 0 spiro atoms.